The van der Waals surface area contributed by atoms with Crippen LogP contribution in [0.3, 0.4) is 0 Å². The summed E-state index contributed by atoms with van der Waals surface area (Å²) in [6.07, 6.45) is 6.37. The number of pyridine rings is 3. The van der Waals surface area contributed by atoms with E-state index in [1.54, 1.807) is 31.5 Å². The van der Waals surface area contributed by atoms with Gasteiger partial charge in [-0.15, -0.1) is 0 Å². The van der Waals surface area contributed by atoms with Crippen molar-refractivity contribution < 1.29 is 22.7 Å². The molecular formula is C29H35N5O5S. The third-order valence-electron chi connectivity index (χ3n) is 8.70. The summed E-state index contributed by atoms with van der Waals surface area (Å²) in [7, 11) is -3.07. The predicted molar refractivity (Wildman–Crippen MR) is 152 cm³/mol. The molecule has 0 amide bonds. The molecule has 3 aliphatic rings. The van der Waals surface area contributed by atoms with Crippen LogP contribution in [0.25, 0.3) is 10.8 Å². The van der Waals surface area contributed by atoms with Crippen LogP contribution in [-0.2, 0) is 14.6 Å². The highest BCUT2D eigenvalue weighted by Gasteiger charge is 2.41. The molecule has 0 spiro atoms. The third-order valence-corrected chi connectivity index (χ3v) is 10.9. The van der Waals surface area contributed by atoms with Gasteiger partial charge in [-0.1, -0.05) is 13.8 Å². The van der Waals surface area contributed by atoms with Crippen LogP contribution >= 0.6 is 0 Å². The van der Waals surface area contributed by atoms with E-state index in [1.165, 1.54) is 0 Å². The van der Waals surface area contributed by atoms with E-state index in [0.29, 0.717) is 47.5 Å². The Morgan fingerprint density at radius 1 is 1.15 bits per heavy atom. The van der Waals surface area contributed by atoms with E-state index < -0.39 is 15.4 Å². The number of hydrogen-bond acceptors (Lipinski definition) is 10. The highest BCUT2D eigenvalue weighted by atomic mass is 32.2. The fourth-order valence-electron chi connectivity index (χ4n) is 5.46. The molecule has 11 heteroatoms. The van der Waals surface area contributed by atoms with E-state index >= 15 is 0 Å². The second-order valence-electron chi connectivity index (χ2n) is 11.8. The molecule has 0 saturated heterocycles. The summed E-state index contributed by atoms with van der Waals surface area (Å²) >= 11 is 0. The third kappa shape index (κ3) is 4.79. The van der Waals surface area contributed by atoms with Crippen molar-refractivity contribution in [2.45, 2.75) is 82.3 Å². The van der Waals surface area contributed by atoms with Crippen molar-refractivity contribution in [3.05, 3.63) is 47.4 Å². The number of hydrogen-bond donors (Lipinski definition) is 2. The molecule has 2 aliphatic carbocycles. The molecule has 3 aromatic heterocycles. The molecular weight excluding hydrogens is 530 g/mol. The average Bonchev–Trinajstić information content (AvgIpc) is 3.74. The van der Waals surface area contributed by atoms with Gasteiger partial charge in [-0.2, -0.15) is 0 Å². The van der Waals surface area contributed by atoms with Crippen molar-refractivity contribution in [1.29, 1.82) is 0 Å². The van der Waals surface area contributed by atoms with E-state index in [-0.39, 0.29) is 35.0 Å². The zero-order chi connectivity index (χ0) is 28.4. The molecule has 212 valence electrons. The Morgan fingerprint density at radius 3 is 2.60 bits per heavy atom. The quantitative estimate of drug-likeness (QED) is 0.372. The van der Waals surface area contributed by atoms with Crippen molar-refractivity contribution in [3.8, 4) is 5.88 Å². The number of carbonyl (C=O) groups is 1. The number of fused-ring (bicyclic) bond motifs is 2. The summed E-state index contributed by atoms with van der Waals surface area (Å²) in [5.41, 5.74) is 8.05. The van der Waals surface area contributed by atoms with Gasteiger partial charge >= 0.3 is 5.97 Å². The number of nitrogens with zero attached hydrogens (tertiary/aromatic N) is 3. The largest absolute Gasteiger partial charge is 0.474 e. The van der Waals surface area contributed by atoms with E-state index in [4.69, 9.17) is 20.2 Å². The molecule has 3 aromatic rings. The van der Waals surface area contributed by atoms with Crippen molar-refractivity contribution in [2.24, 2.45) is 11.7 Å². The zero-order valence-corrected chi connectivity index (χ0v) is 24.0. The first kappa shape index (κ1) is 26.9. The first-order valence-electron chi connectivity index (χ1n) is 13.9. The predicted octanol–water partition coefficient (Wildman–Crippen LogP) is 4.58. The highest BCUT2D eigenvalue weighted by Crippen LogP contribution is 2.43. The van der Waals surface area contributed by atoms with Crippen LogP contribution in [-0.4, -0.2) is 52.0 Å². The van der Waals surface area contributed by atoms with Gasteiger partial charge in [0.2, 0.25) is 5.88 Å². The van der Waals surface area contributed by atoms with Crippen LogP contribution in [0.2, 0.25) is 0 Å². The number of esters is 1. The monoisotopic (exact) mass is 565 g/mol. The second-order valence-corrected chi connectivity index (χ2v) is 14.3. The molecule has 2 saturated carbocycles. The van der Waals surface area contributed by atoms with E-state index in [9.17, 15) is 13.2 Å². The van der Waals surface area contributed by atoms with Gasteiger partial charge in [-0.05, 0) is 61.8 Å². The number of aromatic nitrogens is 3. The maximum absolute atomic E-state index is 12.5. The molecule has 2 atom stereocenters. The van der Waals surface area contributed by atoms with Crippen LogP contribution in [0.1, 0.15) is 87.0 Å². The number of ether oxygens (including phenoxy) is 2. The SMILES string of the molecule is CCS(=O)(=O)C1CC(Oc2ncc([C@@H](N)C3CC3)c3cc(Nc4ccc5c(n4)[C@@H](C)C(C)(C)OC5=O)ncc23)C1. The van der Waals surface area contributed by atoms with Crippen molar-refractivity contribution in [2.75, 3.05) is 11.1 Å². The minimum absolute atomic E-state index is 0.0844. The Kier molecular flexibility index (Phi) is 6.49. The van der Waals surface area contributed by atoms with Gasteiger partial charge in [0.1, 0.15) is 23.3 Å². The number of carbonyl (C=O) groups excluding carboxylic acids is 1. The molecule has 40 heavy (non-hydrogen) atoms. The van der Waals surface area contributed by atoms with Crippen LogP contribution in [0.4, 0.5) is 11.6 Å². The first-order valence-corrected chi connectivity index (χ1v) is 15.6. The minimum Gasteiger partial charge on any atom is -0.474 e. The molecule has 4 heterocycles. The fourth-order valence-corrected chi connectivity index (χ4v) is 6.95. The van der Waals surface area contributed by atoms with Crippen LogP contribution in [0.5, 0.6) is 5.88 Å². The lowest BCUT2D eigenvalue weighted by molar-refractivity contribution is -0.0189. The Morgan fingerprint density at radius 2 is 1.90 bits per heavy atom. The molecule has 0 radical (unpaired) electrons. The molecule has 10 nitrogen and oxygen atoms in total. The Hall–Kier alpha value is -3.31. The van der Waals surface area contributed by atoms with Crippen LogP contribution in [0, 0.1) is 5.92 Å². The zero-order valence-electron chi connectivity index (χ0n) is 23.2. The van der Waals surface area contributed by atoms with Gasteiger partial charge in [0, 0.05) is 42.9 Å². The summed E-state index contributed by atoms with van der Waals surface area (Å²) in [6.45, 7) is 7.44. The standard InChI is InChI=1S/C29H35N5O5S/c1-5-40(36,37)18-10-17(11-18)38-27-22-14-31-24(12-20(22)21(13-32-27)25(30)16-6-7-16)33-23-9-8-19-26(34-23)15(2)29(3,4)39-28(19)35/h8-9,12-18,25H,5-7,10-11,30H2,1-4H3,(H,31,33,34)/t15-,17?,18?,25+/m1/s1. The normalized spacial score (nSPS) is 24.5. The summed E-state index contributed by atoms with van der Waals surface area (Å²) in [5, 5.41) is 4.55. The fraction of sp³-hybridized carbons (Fsp3) is 0.517. The van der Waals surface area contributed by atoms with Crippen molar-refractivity contribution in [3.63, 3.8) is 0 Å². The molecule has 1 aliphatic heterocycles. The summed E-state index contributed by atoms with van der Waals surface area (Å²) in [5.74, 6) is 1.67. The topological polar surface area (TPSA) is 146 Å². The number of anilines is 2. The summed E-state index contributed by atoms with van der Waals surface area (Å²) in [6, 6.07) is 5.24. The number of nitrogens with one attached hydrogen (secondary N) is 1. The van der Waals surface area contributed by atoms with Crippen LogP contribution < -0.4 is 15.8 Å². The summed E-state index contributed by atoms with van der Waals surface area (Å²) in [4.78, 5) is 26.5. The lowest BCUT2D eigenvalue weighted by atomic mass is 9.84. The average molecular weight is 566 g/mol. The maximum atomic E-state index is 12.5. The van der Waals surface area contributed by atoms with E-state index in [2.05, 4.69) is 15.3 Å². The second kappa shape index (κ2) is 9.66. The molecule has 3 N–H and O–H groups in total. The smallest absolute Gasteiger partial charge is 0.340 e. The minimum atomic E-state index is -3.07. The number of nitrogens with two attached hydrogens (primary N) is 1. The molecule has 0 aromatic carbocycles. The van der Waals surface area contributed by atoms with Gasteiger partial charge in [-0.3, -0.25) is 0 Å². The van der Waals surface area contributed by atoms with Crippen molar-refractivity contribution in [1.82, 2.24) is 15.0 Å². The lowest BCUT2D eigenvalue weighted by Gasteiger charge is -2.36. The number of cyclic esters (lactones) is 1. The van der Waals surface area contributed by atoms with E-state index in [1.807, 2.05) is 26.8 Å². The number of rotatable bonds is 8. The first-order chi connectivity index (χ1) is 19.0. The maximum Gasteiger partial charge on any atom is 0.340 e. The van der Waals surface area contributed by atoms with Crippen molar-refractivity contribution >= 4 is 38.2 Å². The Labute approximate surface area is 234 Å². The van der Waals surface area contributed by atoms with Gasteiger partial charge in [0.15, 0.2) is 9.84 Å². The molecule has 0 unspecified atom stereocenters. The number of sulfone groups is 1. The summed E-state index contributed by atoms with van der Waals surface area (Å²) < 4.78 is 36.1. The van der Waals surface area contributed by atoms with Gasteiger partial charge < -0.3 is 20.5 Å². The Balaban J connectivity index is 1.30. The van der Waals surface area contributed by atoms with Gasteiger partial charge in [0.05, 0.1) is 21.9 Å². The van der Waals surface area contributed by atoms with Gasteiger partial charge in [-0.25, -0.2) is 28.2 Å². The Bertz CT molecular complexity index is 1600. The molecule has 2 fully saturated rings. The lowest BCUT2D eigenvalue weighted by Crippen LogP contribution is -2.43. The van der Waals surface area contributed by atoms with Gasteiger partial charge in [0.25, 0.3) is 0 Å². The van der Waals surface area contributed by atoms with E-state index in [0.717, 1.165) is 29.2 Å². The highest BCUT2D eigenvalue weighted by molar-refractivity contribution is 7.92. The molecule has 6 rings (SSSR count). The molecule has 0 bridgehead atoms. The van der Waals surface area contributed by atoms with Crippen LogP contribution in [0.15, 0.2) is 30.6 Å².